The molecule has 0 unspecified atom stereocenters. The van der Waals surface area contributed by atoms with Gasteiger partial charge < -0.3 is 10.4 Å². The molecule has 2 aliphatic rings. The van der Waals surface area contributed by atoms with Gasteiger partial charge in [-0.25, -0.2) is 0 Å². The zero-order valence-electron chi connectivity index (χ0n) is 15.2. The van der Waals surface area contributed by atoms with Gasteiger partial charge in [-0.2, -0.15) is 13.2 Å². The molecule has 0 saturated heterocycles. The van der Waals surface area contributed by atoms with Gasteiger partial charge >= 0.3 is 6.18 Å². The van der Waals surface area contributed by atoms with Crippen LogP contribution in [0.1, 0.15) is 54.1 Å². The number of nitrogens with one attached hydrogen (secondary N) is 1. The number of nitrogens with zero attached hydrogens (tertiary/aromatic N) is 2. The Kier molecular flexibility index (Phi) is 4.99. The summed E-state index contributed by atoms with van der Waals surface area (Å²) in [7, 11) is 0. The molecule has 28 heavy (non-hydrogen) atoms. The normalized spacial score (nSPS) is 23.3. The van der Waals surface area contributed by atoms with Crippen molar-refractivity contribution in [3.05, 3.63) is 35.8 Å². The number of amides is 1. The number of aliphatic hydroxyl groups excluding tert-OH is 1. The molecule has 2 aromatic heterocycles. The first-order chi connectivity index (χ1) is 13.3. The Morgan fingerprint density at radius 1 is 1.21 bits per heavy atom. The second-order valence-electron chi connectivity index (χ2n) is 7.96. The predicted octanol–water partition coefficient (Wildman–Crippen LogP) is 3.58. The van der Waals surface area contributed by atoms with Crippen molar-refractivity contribution in [3.63, 3.8) is 0 Å². The van der Waals surface area contributed by atoms with Crippen LogP contribution in [0, 0.1) is 11.8 Å². The number of alkyl halides is 3. The molecule has 8 heteroatoms. The highest BCUT2D eigenvalue weighted by atomic mass is 19.4. The van der Waals surface area contributed by atoms with Gasteiger partial charge in [-0.05, 0) is 50.2 Å². The molecule has 0 bridgehead atoms. The van der Waals surface area contributed by atoms with Gasteiger partial charge in [0.2, 0.25) is 0 Å². The number of fused-ring (bicyclic) bond motifs is 1. The maximum Gasteiger partial charge on any atom is 0.394 e. The topological polar surface area (TPSA) is 75.1 Å². The number of aromatic nitrogens is 2. The van der Waals surface area contributed by atoms with Crippen molar-refractivity contribution in [2.75, 3.05) is 6.61 Å². The van der Waals surface area contributed by atoms with Gasteiger partial charge in [0, 0.05) is 35.4 Å². The summed E-state index contributed by atoms with van der Waals surface area (Å²) in [5.74, 6) is -1.57. The Bertz CT molecular complexity index is 877. The lowest BCUT2D eigenvalue weighted by atomic mass is 9.75. The third kappa shape index (κ3) is 4.11. The Hall–Kier alpha value is -2.22. The van der Waals surface area contributed by atoms with Crippen molar-refractivity contribution >= 4 is 16.8 Å². The van der Waals surface area contributed by atoms with Gasteiger partial charge in [0.05, 0.1) is 23.6 Å². The largest absolute Gasteiger partial charge is 0.396 e. The van der Waals surface area contributed by atoms with E-state index in [4.69, 9.17) is 5.11 Å². The monoisotopic (exact) mass is 393 g/mol. The molecule has 1 amide bonds. The molecule has 2 N–H and O–H groups in total. The number of hydrogen-bond acceptors (Lipinski definition) is 4. The molecule has 2 aliphatic carbocycles. The lowest BCUT2D eigenvalue weighted by Crippen LogP contribution is -2.45. The van der Waals surface area contributed by atoms with E-state index < -0.39 is 18.7 Å². The fraction of sp³-hybridized carbons (Fsp3) is 0.550. The maximum atomic E-state index is 12.7. The standard InChI is InChI=1S/C20H22F3N3O2/c21-20(22,23)15(10-27)3-11-4-16(5-11)26-19(28)14-6-13-8-24-17(12-1-2-12)7-18(13)25-9-14/h6-9,11-12,15-16,27H,1-5,10H2,(H,26,28)/t11?,15-,16?/m1/s1. The van der Waals surface area contributed by atoms with Crippen LogP contribution in [0.15, 0.2) is 24.5 Å². The molecule has 0 spiro atoms. The van der Waals surface area contributed by atoms with E-state index in [1.165, 1.54) is 6.20 Å². The molecule has 150 valence electrons. The van der Waals surface area contributed by atoms with Gasteiger partial charge in [-0.1, -0.05) is 0 Å². The number of hydrogen-bond donors (Lipinski definition) is 2. The van der Waals surface area contributed by atoms with Crippen molar-refractivity contribution in [2.45, 2.75) is 50.2 Å². The van der Waals surface area contributed by atoms with Crippen molar-refractivity contribution in [2.24, 2.45) is 11.8 Å². The van der Waals surface area contributed by atoms with Crippen LogP contribution in [0.2, 0.25) is 0 Å². The minimum absolute atomic E-state index is 0.0983. The summed E-state index contributed by atoms with van der Waals surface area (Å²) in [5, 5.41) is 12.6. The number of pyridine rings is 2. The molecule has 2 saturated carbocycles. The number of aliphatic hydroxyl groups is 1. The Labute approximate surface area is 160 Å². The summed E-state index contributed by atoms with van der Waals surface area (Å²) >= 11 is 0. The van der Waals surface area contributed by atoms with Crippen molar-refractivity contribution in [1.29, 1.82) is 0 Å². The molecule has 0 aliphatic heterocycles. The summed E-state index contributed by atoms with van der Waals surface area (Å²) in [6.07, 6.45) is 2.07. The van der Waals surface area contributed by atoms with E-state index in [2.05, 4.69) is 15.3 Å². The number of halogens is 3. The molecule has 5 nitrogen and oxygen atoms in total. The van der Waals surface area contributed by atoms with Gasteiger partial charge in [-0.3, -0.25) is 14.8 Å². The molecule has 2 heterocycles. The van der Waals surface area contributed by atoms with Crippen molar-refractivity contribution < 1.29 is 23.1 Å². The summed E-state index contributed by atoms with van der Waals surface area (Å²) in [4.78, 5) is 21.2. The lowest BCUT2D eigenvalue weighted by Gasteiger charge is -2.37. The molecule has 2 aromatic rings. The molecule has 0 aromatic carbocycles. The van der Waals surface area contributed by atoms with Crippen molar-refractivity contribution in [1.82, 2.24) is 15.3 Å². The summed E-state index contributed by atoms with van der Waals surface area (Å²) in [6, 6.07) is 3.56. The molecular formula is C20H22F3N3O2. The second kappa shape index (κ2) is 7.31. The van der Waals surface area contributed by atoms with Crippen LogP contribution in [0.5, 0.6) is 0 Å². The predicted molar refractivity (Wildman–Crippen MR) is 96.7 cm³/mol. The van der Waals surface area contributed by atoms with Gasteiger partial charge in [0.25, 0.3) is 5.91 Å². The van der Waals surface area contributed by atoms with E-state index >= 15 is 0 Å². The van der Waals surface area contributed by atoms with Gasteiger partial charge in [0.15, 0.2) is 0 Å². The van der Waals surface area contributed by atoms with Crippen LogP contribution in [0.3, 0.4) is 0 Å². The van der Waals surface area contributed by atoms with E-state index in [0.717, 1.165) is 29.4 Å². The van der Waals surface area contributed by atoms with Crippen LogP contribution >= 0.6 is 0 Å². The Morgan fingerprint density at radius 2 is 1.96 bits per heavy atom. The SMILES string of the molecule is O=C(NC1CC(C[C@H](CO)C(F)(F)F)C1)c1cnc2cc(C3CC3)ncc2c1. The first kappa shape index (κ1) is 19.1. The first-order valence-electron chi connectivity index (χ1n) is 9.57. The summed E-state index contributed by atoms with van der Waals surface area (Å²) < 4.78 is 38.2. The first-order valence-corrected chi connectivity index (χ1v) is 9.57. The van der Waals surface area contributed by atoms with E-state index in [0.29, 0.717) is 24.3 Å². The molecular weight excluding hydrogens is 371 g/mol. The molecule has 2 fully saturated rings. The van der Waals surface area contributed by atoms with Gasteiger partial charge in [0.1, 0.15) is 0 Å². The molecule has 1 atom stereocenters. The second-order valence-corrected chi connectivity index (χ2v) is 7.96. The van der Waals surface area contributed by atoms with E-state index in [-0.39, 0.29) is 24.3 Å². The van der Waals surface area contributed by atoms with E-state index in [1.807, 2.05) is 6.07 Å². The quantitative estimate of drug-likeness (QED) is 0.787. The van der Waals surface area contributed by atoms with Gasteiger partial charge in [-0.15, -0.1) is 0 Å². The van der Waals surface area contributed by atoms with Crippen LogP contribution in [-0.4, -0.2) is 39.8 Å². The number of carbonyl (C=O) groups is 1. The highest BCUT2D eigenvalue weighted by Gasteiger charge is 2.43. The fourth-order valence-corrected chi connectivity index (χ4v) is 3.79. The highest BCUT2D eigenvalue weighted by Crippen LogP contribution is 2.40. The fourth-order valence-electron chi connectivity index (χ4n) is 3.79. The molecule has 0 radical (unpaired) electrons. The zero-order chi connectivity index (χ0) is 19.9. The minimum atomic E-state index is -4.38. The van der Waals surface area contributed by atoms with Crippen LogP contribution in [-0.2, 0) is 0 Å². The lowest BCUT2D eigenvalue weighted by molar-refractivity contribution is -0.190. The Balaban J connectivity index is 1.32. The van der Waals surface area contributed by atoms with Crippen molar-refractivity contribution in [3.8, 4) is 0 Å². The molecule has 4 rings (SSSR count). The zero-order valence-corrected chi connectivity index (χ0v) is 15.2. The third-order valence-electron chi connectivity index (χ3n) is 5.72. The summed E-state index contributed by atoms with van der Waals surface area (Å²) in [5.41, 5.74) is 2.26. The van der Waals surface area contributed by atoms with Crippen LogP contribution in [0.4, 0.5) is 13.2 Å². The summed E-state index contributed by atoms with van der Waals surface area (Å²) in [6.45, 7) is -0.893. The van der Waals surface area contributed by atoms with E-state index in [1.54, 1.807) is 12.3 Å². The third-order valence-corrected chi connectivity index (χ3v) is 5.72. The smallest absolute Gasteiger partial charge is 0.394 e. The average molecular weight is 393 g/mol. The number of carbonyl (C=O) groups excluding carboxylic acids is 1. The van der Waals surface area contributed by atoms with Crippen LogP contribution < -0.4 is 5.32 Å². The van der Waals surface area contributed by atoms with Crippen LogP contribution in [0.25, 0.3) is 10.9 Å². The average Bonchev–Trinajstić information content (AvgIpc) is 3.46. The highest BCUT2D eigenvalue weighted by molar-refractivity contribution is 5.97. The Morgan fingerprint density at radius 3 is 2.61 bits per heavy atom. The maximum absolute atomic E-state index is 12.7. The minimum Gasteiger partial charge on any atom is -0.396 e. The van der Waals surface area contributed by atoms with E-state index in [9.17, 15) is 18.0 Å². The number of rotatable bonds is 6.